The molecule has 4 rings (SSSR count). The fourth-order valence-electron chi connectivity index (χ4n) is 3.63. The second kappa shape index (κ2) is 10.2. The first-order valence-electron chi connectivity index (χ1n) is 10.9. The molecule has 1 fully saturated rings. The molecule has 1 aliphatic heterocycles. The predicted molar refractivity (Wildman–Crippen MR) is 123 cm³/mol. The maximum absolute atomic E-state index is 12.6. The number of hydrogen-bond donors (Lipinski definition) is 0. The van der Waals surface area contributed by atoms with Gasteiger partial charge in [-0.3, -0.25) is 9.69 Å². The molecule has 166 valence electrons. The molecule has 0 aliphatic carbocycles. The largest absolute Gasteiger partial charge is 0.493 e. The summed E-state index contributed by atoms with van der Waals surface area (Å²) < 4.78 is 11.1. The van der Waals surface area contributed by atoms with E-state index in [1.54, 1.807) is 6.08 Å². The summed E-state index contributed by atoms with van der Waals surface area (Å²) in [5.41, 5.74) is 3.04. The average molecular weight is 433 g/mol. The standard InChI is InChI=1S/C25H28N4O3/c1-3-31-22-7-5-4-6-20(22)12-13-24(30)29-16-14-28(15-17-29)18-23-26-25(27-32-23)21-10-8-19(2)9-11-21/h4-13H,3,14-18H2,1-2H3. The molecule has 0 saturated carbocycles. The molecule has 7 heteroatoms. The number of carbonyl (C=O) groups is 1. The normalized spacial score (nSPS) is 14.8. The van der Waals surface area contributed by atoms with Crippen molar-refractivity contribution in [2.24, 2.45) is 0 Å². The number of piperazine rings is 1. The highest BCUT2D eigenvalue weighted by Gasteiger charge is 2.21. The molecule has 0 spiro atoms. The van der Waals surface area contributed by atoms with Crippen LogP contribution < -0.4 is 4.74 Å². The fraction of sp³-hybridized carbons (Fsp3) is 0.320. The van der Waals surface area contributed by atoms with Crippen LogP contribution in [-0.2, 0) is 11.3 Å². The Morgan fingerprint density at radius 1 is 1.09 bits per heavy atom. The van der Waals surface area contributed by atoms with Gasteiger partial charge in [-0.05, 0) is 26.0 Å². The lowest BCUT2D eigenvalue weighted by molar-refractivity contribution is -0.127. The summed E-state index contributed by atoms with van der Waals surface area (Å²) in [4.78, 5) is 21.2. The smallest absolute Gasteiger partial charge is 0.246 e. The molecule has 0 atom stereocenters. The SMILES string of the molecule is CCOc1ccccc1C=CC(=O)N1CCN(Cc2nc(-c3ccc(C)cc3)no2)CC1. The highest BCUT2D eigenvalue weighted by Crippen LogP contribution is 2.20. The van der Waals surface area contributed by atoms with Crippen LogP contribution in [0.25, 0.3) is 17.5 Å². The molecule has 2 aromatic carbocycles. The van der Waals surface area contributed by atoms with Crippen LogP contribution in [0.5, 0.6) is 5.75 Å². The molecule has 1 saturated heterocycles. The van der Waals surface area contributed by atoms with Crippen LogP contribution in [0.15, 0.2) is 59.1 Å². The zero-order valence-corrected chi connectivity index (χ0v) is 18.5. The maximum Gasteiger partial charge on any atom is 0.246 e. The Kier molecular flexibility index (Phi) is 6.97. The highest BCUT2D eigenvalue weighted by atomic mass is 16.5. The van der Waals surface area contributed by atoms with Gasteiger partial charge >= 0.3 is 0 Å². The van der Waals surface area contributed by atoms with Crippen LogP contribution in [-0.4, -0.2) is 58.6 Å². The minimum absolute atomic E-state index is 0.00963. The van der Waals surface area contributed by atoms with Gasteiger partial charge in [-0.2, -0.15) is 4.98 Å². The average Bonchev–Trinajstić information content (AvgIpc) is 3.28. The summed E-state index contributed by atoms with van der Waals surface area (Å²) in [6, 6.07) is 15.8. The van der Waals surface area contributed by atoms with Crippen LogP contribution in [0, 0.1) is 6.92 Å². The van der Waals surface area contributed by atoms with Crippen LogP contribution >= 0.6 is 0 Å². The molecule has 0 bridgehead atoms. The lowest BCUT2D eigenvalue weighted by Gasteiger charge is -2.33. The van der Waals surface area contributed by atoms with Crippen molar-refractivity contribution in [1.82, 2.24) is 19.9 Å². The fourth-order valence-corrected chi connectivity index (χ4v) is 3.63. The maximum atomic E-state index is 12.6. The number of amides is 1. The molecule has 3 aromatic rings. The quantitative estimate of drug-likeness (QED) is 0.529. The number of carbonyl (C=O) groups excluding carboxylic acids is 1. The van der Waals surface area contributed by atoms with Gasteiger partial charge in [-0.25, -0.2) is 0 Å². The molecular formula is C25H28N4O3. The first kappa shape index (κ1) is 21.8. The molecule has 0 radical (unpaired) electrons. The number of hydrogen-bond acceptors (Lipinski definition) is 6. The highest BCUT2D eigenvalue weighted by molar-refractivity contribution is 5.92. The third-order valence-electron chi connectivity index (χ3n) is 5.45. The second-order valence-electron chi connectivity index (χ2n) is 7.78. The molecule has 32 heavy (non-hydrogen) atoms. The molecule has 1 aromatic heterocycles. The van der Waals surface area contributed by atoms with Crippen molar-refractivity contribution in [2.45, 2.75) is 20.4 Å². The van der Waals surface area contributed by atoms with Gasteiger partial charge in [0, 0.05) is 43.4 Å². The Hall–Kier alpha value is -3.45. The Morgan fingerprint density at radius 3 is 2.59 bits per heavy atom. The van der Waals surface area contributed by atoms with Crippen molar-refractivity contribution < 1.29 is 14.1 Å². The summed E-state index contributed by atoms with van der Waals surface area (Å²) >= 11 is 0. The molecule has 1 amide bonds. The van der Waals surface area contributed by atoms with Crippen LogP contribution in [0.4, 0.5) is 0 Å². The van der Waals surface area contributed by atoms with Crippen molar-refractivity contribution in [1.29, 1.82) is 0 Å². The van der Waals surface area contributed by atoms with Crippen molar-refractivity contribution >= 4 is 12.0 Å². The molecular weight excluding hydrogens is 404 g/mol. The monoisotopic (exact) mass is 432 g/mol. The Labute approximate surface area is 188 Å². The van der Waals surface area contributed by atoms with E-state index in [1.807, 2.05) is 73.4 Å². The molecule has 1 aliphatic rings. The topological polar surface area (TPSA) is 71.7 Å². The van der Waals surface area contributed by atoms with Crippen LogP contribution in [0.1, 0.15) is 23.9 Å². The third-order valence-corrected chi connectivity index (χ3v) is 5.45. The lowest BCUT2D eigenvalue weighted by Crippen LogP contribution is -2.47. The van der Waals surface area contributed by atoms with Gasteiger partial charge in [0.15, 0.2) is 0 Å². The summed E-state index contributed by atoms with van der Waals surface area (Å²) in [5.74, 6) is 1.99. The Morgan fingerprint density at radius 2 is 1.84 bits per heavy atom. The number of benzene rings is 2. The molecule has 0 unspecified atom stereocenters. The van der Waals surface area contributed by atoms with E-state index in [1.165, 1.54) is 5.56 Å². The van der Waals surface area contributed by atoms with E-state index in [0.29, 0.717) is 38.0 Å². The number of aryl methyl sites for hydroxylation is 1. The van der Waals surface area contributed by atoms with Gasteiger partial charge in [0.25, 0.3) is 0 Å². The summed E-state index contributed by atoms with van der Waals surface area (Å²) in [7, 11) is 0. The van der Waals surface area contributed by atoms with E-state index < -0.39 is 0 Å². The molecule has 0 N–H and O–H groups in total. The van der Waals surface area contributed by atoms with Crippen molar-refractivity contribution in [3.63, 3.8) is 0 Å². The van der Waals surface area contributed by atoms with E-state index in [0.717, 1.165) is 30.0 Å². The van der Waals surface area contributed by atoms with Crippen molar-refractivity contribution in [3.05, 3.63) is 71.6 Å². The van der Waals surface area contributed by atoms with E-state index in [-0.39, 0.29) is 5.91 Å². The summed E-state index contributed by atoms with van der Waals surface area (Å²) in [6.07, 6.45) is 3.45. The number of para-hydroxylation sites is 1. The van der Waals surface area contributed by atoms with Gasteiger partial charge in [-0.15, -0.1) is 0 Å². The molecule has 2 heterocycles. The van der Waals surface area contributed by atoms with E-state index >= 15 is 0 Å². The second-order valence-corrected chi connectivity index (χ2v) is 7.78. The molecule has 7 nitrogen and oxygen atoms in total. The lowest BCUT2D eigenvalue weighted by atomic mass is 10.1. The summed E-state index contributed by atoms with van der Waals surface area (Å²) in [6.45, 7) is 8.01. The van der Waals surface area contributed by atoms with Gasteiger partial charge in [0.05, 0.1) is 13.2 Å². The van der Waals surface area contributed by atoms with E-state index in [9.17, 15) is 4.79 Å². The minimum Gasteiger partial charge on any atom is -0.493 e. The minimum atomic E-state index is 0.00963. The number of nitrogens with zero attached hydrogens (tertiary/aromatic N) is 4. The van der Waals surface area contributed by atoms with Gasteiger partial charge in [-0.1, -0.05) is 53.2 Å². The van der Waals surface area contributed by atoms with E-state index in [2.05, 4.69) is 15.0 Å². The first-order valence-corrected chi connectivity index (χ1v) is 10.9. The van der Waals surface area contributed by atoms with Crippen molar-refractivity contribution in [3.8, 4) is 17.1 Å². The van der Waals surface area contributed by atoms with Gasteiger partial charge in [0.1, 0.15) is 5.75 Å². The summed E-state index contributed by atoms with van der Waals surface area (Å²) in [5, 5.41) is 4.10. The number of rotatable bonds is 7. The third kappa shape index (κ3) is 5.42. The Balaban J connectivity index is 1.29. The van der Waals surface area contributed by atoms with Crippen LogP contribution in [0.2, 0.25) is 0 Å². The van der Waals surface area contributed by atoms with Gasteiger partial charge in [0.2, 0.25) is 17.6 Å². The van der Waals surface area contributed by atoms with E-state index in [4.69, 9.17) is 9.26 Å². The Bertz CT molecular complexity index is 1070. The zero-order valence-electron chi connectivity index (χ0n) is 18.5. The van der Waals surface area contributed by atoms with Crippen LogP contribution in [0.3, 0.4) is 0 Å². The first-order chi connectivity index (χ1) is 15.6. The van der Waals surface area contributed by atoms with Gasteiger partial charge < -0.3 is 14.2 Å². The van der Waals surface area contributed by atoms with Crippen molar-refractivity contribution in [2.75, 3.05) is 32.8 Å². The zero-order chi connectivity index (χ0) is 22.3. The number of aromatic nitrogens is 2. The number of ether oxygens (including phenoxy) is 1. The predicted octanol–water partition coefficient (Wildman–Crippen LogP) is 3.80.